The van der Waals surface area contributed by atoms with Crippen molar-refractivity contribution in [3.63, 3.8) is 0 Å². The van der Waals surface area contributed by atoms with E-state index in [-0.39, 0.29) is 11.6 Å². The molecule has 0 bridgehead atoms. The van der Waals surface area contributed by atoms with Crippen molar-refractivity contribution in [1.29, 1.82) is 5.26 Å². The molecule has 0 saturated heterocycles. The second kappa shape index (κ2) is 3.78. The van der Waals surface area contributed by atoms with Crippen LogP contribution in [0.25, 0.3) is 0 Å². The van der Waals surface area contributed by atoms with Crippen molar-refractivity contribution >= 4 is 17.6 Å². The molecule has 0 aliphatic heterocycles. The molecule has 12 heavy (non-hydrogen) atoms. The number of rotatable bonds is 2. The van der Waals surface area contributed by atoms with Crippen LogP contribution in [-0.2, 0) is 0 Å². The second-order valence-corrected chi connectivity index (χ2v) is 2.67. The van der Waals surface area contributed by atoms with Crippen molar-refractivity contribution in [2.75, 3.05) is 0 Å². The fourth-order valence-corrected chi connectivity index (χ4v) is 0.980. The van der Waals surface area contributed by atoms with Gasteiger partial charge in [-0.2, -0.15) is 14.0 Å². The van der Waals surface area contributed by atoms with Gasteiger partial charge in [-0.1, -0.05) is 0 Å². The Morgan fingerprint density at radius 1 is 1.92 bits per heavy atom. The van der Waals surface area contributed by atoms with Crippen LogP contribution in [-0.4, -0.2) is 20.7 Å². The molecule has 1 atom stereocenters. The summed E-state index contributed by atoms with van der Waals surface area (Å²) in [6, 6.07) is 1.38. The SMILES string of the molecule is C[C@@H](C#N)NC(=O)c1cnsn1. The van der Waals surface area contributed by atoms with Crippen molar-refractivity contribution < 1.29 is 4.79 Å². The highest BCUT2D eigenvalue weighted by atomic mass is 32.1. The van der Waals surface area contributed by atoms with Crippen LogP contribution in [0.4, 0.5) is 0 Å². The highest BCUT2D eigenvalue weighted by Crippen LogP contribution is 1.94. The average Bonchev–Trinajstić information content (AvgIpc) is 2.56. The van der Waals surface area contributed by atoms with E-state index in [1.54, 1.807) is 6.92 Å². The first-order chi connectivity index (χ1) is 5.74. The van der Waals surface area contributed by atoms with E-state index in [4.69, 9.17) is 5.26 Å². The van der Waals surface area contributed by atoms with E-state index in [0.29, 0.717) is 0 Å². The molecule has 1 aromatic heterocycles. The minimum absolute atomic E-state index is 0.252. The molecular formula is C6H6N4OS. The minimum atomic E-state index is -0.501. The zero-order valence-electron chi connectivity index (χ0n) is 6.31. The second-order valence-electron chi connectivity index (χ2n) is 2.12. The molecule has 0 saturated carbocycles. The summed E-state index contributed by atoms with van der Waals surface area (Å²) in [6.07, 6.45) is 1.37. The topological polar surface area (TPSA) is 78.7 Å². The van der Waals surface area contributed by atoms with Gasteiger partial charge in [-0.05, 0) is 6.92 Å². The zero-order chi connectivity index (χ0) is 8.97. The van der Waals surface area contributed by atoms with E-state index in [9.17, 15) is 4.79 Å². The number of amides is 1. The van der Waals surface area contributed by atoms with Gasteiger partial charge < -0.3 is 5.32 Å². The Morgan fingerprint density at radius 3 is 3.17 bits per heavy atom. The lowest BCUT2D eigenvalue weighted by Crippen LogP contribution is -2.31. The summed E-state index contributed by atoms with van der Waals surface area (Å²) in [5, 5.41) is 10.8. The van der Waals surface area contributed by atoms with E-state index in [1.165, 1.54) is 6.20 Å². The van der Waals surface area contributed by atoms with Crippen LogP contribution >= 0.6 is 11.7 Å². The van der Waals surface area contributed by atoms with E-state index in [0.717, 1.165) is 11.7 Å². The maximum absolute atomic E-state index is 11.1. The number of nitriles is 1. The predicted octanol–water partition coefficient (Wildman–Crippen LogP) is 0.180. The number of hydrogen-bond acceptors (Lipinski definition) is 5. The molecule has 5 nitrogen and oxygen atoms in total. The number of aromatic nitrogens is 2. The van der Waals surface area contributed by atoms with Gasteiger partial charge in [0.05, 0.1) is 24.0 Å². The third-order valence-corrected chi connectivity index (χ3v) is 1.61. The number of carbonyl (C=O) groups excluding carboxylic acids is 1. The average molecular weight is 182 g/mol. The molecule has 0 unspecified atom stereocenters. The molecule has 62 valence electrons. The molecule has 1 aromatic rings. The third-order valence-electron chi connectivity index (χ3n) is 1.14. The smallest absolute Gasteiger partial charge is 0.273 e. The fourth-order valence-electron chi connectivity index (χ4n) is 0.568. The summed E-state index contributed by atoms with van der Waals surface area (Å²) < 4.78 is 7.38. The van der Waals surface area contributed by atoms with Gasteiger partial charge in [0.25, 0.3) is 5.91 Å². The summed E-state index contributed by atoms with van der Waals surface area (Å²) in [4.78, 5) is 11.1. The molecule has 0 aliphatic carbocycles. The molecule has 0 aliphatic rings. The lowest BCUT2D eigenvalue weighted by atomic mass is 10.3. The first-order valence-electron chi connectivity index (χ1n) is 3.22. The standard InChI is InChI=1S/C6H6N4OS/c1-4(2-7)9-6(11)5-3-8-12-10-5/h3-4H,1H3,(H,9,11)/t4-/m0/s1. The Labute approximate surface area is 73.4 Å². The Hall–Kier alpha value is -1.48. The van der Waals surface area contributed by atoms with Crippen LogP contribution in [0.5, 0.6) is 0 Å². The van der Waals surface area contributed by atoms with Gasteiger partial charge >= 0.3 is 0 Å². The quantitative estimate of drug-likeness (QED) is 0.707. The molecule has 0 radical (unpaired) electrons. The zero-order valence-corrected chi connectivity index (χ0v) is 7.13. The number of nitrogens with one attached hydrogen (secondary N) is 1. The molecule has 0 fully saturated rings. The molecule has 1 heterocycles. The highest BCUT2D eigenvalue weighted by molar-refractivity contribution is 6.99. The Bertz CT molecular complexity index is 302. The van der Waals surface area contributed by atoms with Gasteiger partial charge in [-0.3, -0.25) is 4.79 Å². The van der Waals surface area contributed by atoms with E-state index < -0.39 is 6.04 Å². The predicted molar refractivity (Wildman–Crippen MR) is 42.5 cm³/mol. The van der Waals surface area contributed by atoms with Gasteiger partial charge in [0.1, 0.15) is 6.04 Å². The largest absolute Gasteiger partial charge is 0.335 e. The van der Waals surface area contributed by atoms with Crippen LogP contribution in [0, 0.1) is 11.3 Å². The molecule has 1 amide bonds. The van der Waals surface area contributed by atoms with Gasteiger partial charge in [-0.25, -0.2) is 0 Å². The molecule has 1 rings (SSSR count). The maximum atomic E-state index is 11.1. The first kappa shape index (κ1) is 8.62. The van der Waals surface area contributed by atoms with Gasteiger partial charge in [0.2, 0.25) is 0 Å². The van der Waals surface area contributed by atoms with E-state index in [2.05, 4.69) is 14.1 Å². The van der Waals surface area contributed by atoms with Crippen molar-refractivity contribution in [3.05, 3.63) is 11.9 Å². The molecule has 1 N–H and O–H groups in total. The summed E-state index contributed by atoms with van der Waals surface area (Å²) in [6.45, 7) is 1.59. The summed E-state index contributed by atoms with van der Waals surface area (Å²) in [7, 11) is 0. The van der Waals surface area contributed by atoms with Crippen molar-refractivity contribution in [3.8, 4) is 6.07 Å². The molecule has 6 heteroatoms. The Balaban J connectivity index is 2.57. The molecular weight excluding hydrogens is 176 g/mol. The minimum Gasteiger partial charge on any atom is -0.335 e. The number of hydrogen-bond donors (Lipinski definition) is 1. The Morgan fingerprint density at radius 2 is 2.67 bits per heavy atom. The van der Waals surface area contributed by atoms with Crippen LogP contribution in [0.1, 0.15) is 17.4 Å². The van der Waals surface area contributed by atoms with Gasteiger partial charge in [0.15, 0.2) is 5.69 Å². The molecule has 0 aromatic carbocycles. The Kier molecular flexibility index (Phi) is 2.71. The van der Waals surface area contributed by atoms with Crippen LogP contribution in [0.2, 0.25) is 0 Å². The van der Waals surface area contributed by atoms with Crippen LogP contribution < -0.4 is 5.32 Å². The summed E-state index contributed by atoms with van der Waals surface area (Å²) >= 11 is 0.959. The van der Waals surface area contributed by atoms with Crippen molar-refractivity contribution in [1.82, 2.24) is 14.1 Å². The summed E-state index contributed by atoms with van der Waals surface area (Å²) in [5.74, 6) is -0.363. The fraction of sp³-hybridized carbons (Fsp3) is 0.333. The lowest BCUT2D eigenvalue weighted by Gasteiger charge is -2.01. The van der Waals surface area contributed by atoms with Crippen LogP contribution in [0.15, 0.2) is 6.20 Å². The van der Waals surface area contributed by atoms with Crippen molar-refractivity contribution in [2.45, 2.75) is 13.0 Å². The first-order valence-corrected chi connectivity index (χ1v) is 3.95. The highest BCUT2D eigenvalue weighted by Gasteiger charge is 2.10. The number of nitrogens with zero attached hydrogens (tertiary/aromatic N) is 3. The van der Waals surface area contributed by atoms with Crippen molar-refractivity contribution in [2.24, 2.45) is 0 Å². The summed E-state index contributed by atoms with van der Waals surface area (Å²) in [5.41, 5.74) is 0.252. The van der Waals surface area contributed by atoms with Gasteiger partial charge in [0, 0.05) is 0 Å². The van der Waals surface area contributed by atoms with E-state index in [1.807, 2.05) is 6.07 Å². The van der Waals surface area contributed by atoms with Gasteiger partial charge in [-0.15, -0.1) is 0 Å². The molecule has 0 spiro atoms. The van der Waals surface area contributed by atoms with E-state index >= 15 is 0 Å². The lowest BCUT2D eigenvalue weighted by molar-refractivity contribution is 0.0944. The maximum Gasteiger partial charge on any atom is 0.273 e. The third kappa shape index (κ3) is 2.00. The number of carbonyl (C=O) groups is 1. The van der Waals surface area contributed by atoms with Crippen LogP contribution in [0.3, 0.4) is 0 Å². The monoisotopic (exact) mass is 182 g/mol. The normalized spacial score (nSPS) is 11.7.